The summed E-state index contributed by atoms with van der Waals surface area (Å²) in [6, 6.07) is 0. The largest absolute Gasteiger partial charge is 0.394 e. The fraction of sp³-hybridized carbons (Fsp3) is 0.400. The topological polar surface area (TPSA) is 101 Å². The number of hydrogen-bond donors (Lipinski definition) is 2. The average Bonchev–Trinajstić information content (AvgIpc) is 2.27. The zero-order chi connectivity index (χ0) is 13.5. The van der Waals surface area contributed by atoms with Crippen LogP contribution in [0, 0.1) is 0 Å². The molecule has 1 aromatic heterocycles. The highest BCUT2D eigenvalue weighted by molar-refractivity contribution is 6.28. The molecule has 1 saturated heterocycles. The molecule has 2 amide bonds. The first-order valence-corrected chi connectivity index (χ1v) is 5.60. The van der Waals surface area contributed by atoms with E-state index in [2.05, 4.69) is 15.3 Å². The monoisotopic (exact) mass is 269 g/mol. The molecule has 0 aliphatic carbocycles. The number of rotatable bonds is 1. The smallest absolute Gasteiger partial charge is 0.251 e. The molecule has 0 saturated carbocycles. The van der Waals surface area contributed by atoms with Crippen LogP contribution in [0.15, 0.2) is 6.20 Å². The van der Waals surface area contributed by atoms with E-state index in [1.165, 1.54) is 11.1 Å². The standard InChI is InChI=1S/C10H12ClN5O2/c1-10(2)8(18)14-6(17)4-16(10)7-5(12)3-13-9(11)15-7/h3H,4,12H2,1-2H3,(H,14,17,18). The van der Waals surface area contributed by atoms with E-state index in [1.807, 2.05) is 0 Å². The first-order chi connectivity index (χ1) is 8.32. The lowest BCUT2D eigenvalue weighted by atomic mass is 9.98. The number of carbonyl (C=O) groups is 2. The molecule has 0 radical (unpaired) electrons. The minimum atomic E-state index is -0.945. The van der Waals surface area contributed by atoms with E-state index in [4.69, 9.17) is 17.3 Å². The summed E-state index contributed by atoms with van der Waals surface area (Å²) in [5.41, 5.74) is 5.08. The van der Waals surface area contributed by atoms with Crippen molar-refractivity contribution in [3.8, 4) is 0 Å². The van der Waals surface area contributed by atoms with Crippen molar-refractivity contribution in [2.24, 2.45) is 0 Å². The van der Waals surface area contributed by atoms with E-state index in [0.717, 1.165) is 0 Å². The van der Waals surface area contributed by atoms with E-state index in [-0.39, 0.29) is 23.3 Å². The number of carbonyl (C=O) groups excluding carboxylic acids is 2. The number of anilines is 2. The third-order valence-corrected chi connectivity index (χ3v) is 2.99. The van der Waals surface area contributed by atoms with Gasteiger partial charge in [0.15, 0.2) is 5.82 Å². The maximum atomic E-state index is 11.8. The number of nitrogens with two attached hydrogens (primary N) is 1. The molecule has 7 nitrogen and oxygen atoms in total. The van der Waals surface area contributed by atoms with Gasteiger partial charge >= 0.3 is 0 Å². The number of halogens is 1. The Morgan fingerprint density at radius 3 is 2.83 bits per heavy atom. The minimum absolute atomic E-state index is 0.00781. The molecule has 3 N–H and O–H groups in total. The zero-order valence-corrected chi connectivity index (χ0v) is 10.7. The Bertz CT molecular complexity index is 531. The second kappa shape index (κ2) is 4.09. The predicted octanol–water partition coefficient (Wildman–Crippen LogP) is -0.0464. The Morgan fingerprint density at radius 2 is 2.17 bits per heavy atom. The van der Waals surface area contributed by atoms with Gasteiger partial charge in [0.25, 0.3) is 5.91 Å². The highest BCUT2D eigenvalue weighted by Gasteiger charge is 2.42. The van der Waals surface area contributed by atoms with E-state index >= 15 is 0 Å². The molecule has 0 spiro atoms. The molecule has 0 bridgehead atoms. The first kappa shape index (κ1) is 12.6. The lowest BCUT2D eigenvalue weighted by Crippen LogP contribution is -2.64. The Labute approximate surface area is 108 Å². The lowest BCUT2D eigenvalue weighted by molar-refractivity contribution is -0.135. The van der Waals surface area contributed by atoms with Gasteiger partial charge in [-0.05, 0) is 25.4 Å². The lowest BCUT2D eigenvalue weighted by Gasteiger charge is -2.41. The van der Waals surface area contributed by atoms with Crippen LogP contribution in [0.1, 0.15) is 13.8 Å². The SMILES string of the molecule is CC1(C)C(=O)NC(=O)CN1c1nc(Cl)ncc1N. The molecule has 1 aromatic rings. The zero-order valence-electron chi connectivity index (χ0n) is 9.90. The number of nitrogens with one attached hydrogen (secondary N) is 1. The normalized spacial score (nSPS) is 18.7. The van der Waals surface area contributed by atoms with Crippen LogP contribution in [0.3, 0.4) is 0 Å². The molecule has 2 rings (SSSR count). The highest BCUT2D eigenvalue weighted by Crippen LogP contribution is 2.29. The van der Waals surface area contributed by atoms with Gasteiger partial charge in [0.1, 0.15) is 5.54 Å². The van der Waals surface area contributed by atoms with Gasteiger partial charge in [-0.25, -0.2) is 4.98 Å². The fourth-order valence-corrected chi connectivity index (χ4v) is 1.83. The van der Waals surface area contributed by atoms with Crippen LogP contribution in [-0.4, -0.2) is 33.9 Å². The fourth-order valence-electron chi connectivity index (χ4n) is 1.70. The Morgan fingerprint density at radius 1 is 1.50 bits per heavy atom. The van der Waals surface area contributed by atoms with Gasteiger partial charge in [-0.15, -0.1) is 0 Å². The van der Waals surface area contributed by atoms with Crippen LogP contribution in [0.4, 0.5) is 11.5 Å². The van der Waals surface area contributed by atoms with E-state index < -0.39 is 17.4 Å². The van der Waals surface area contributed by atoms with Gasteiger partial charge < -0.3 is 10.6 Å². The second-order valence-electron chi connectivity index (χ2n) is 4.44. The predicted molar refractivity (Wildman–Crippen MR) is 66.0 cm³/mol. The average molecular weight is 270 g/mol. The van der Waals surface area contributed by atoms with Crippen LogP contribution in [-0.2, 0) is 9.59 Å². The summed E-state index contributed by atoms with van der Waals surface area (Å²) in [6.45, 7) is 3.32. The molecule has 0 unspecified atom stereocenters. The van der Waals surface area contributed by atoms with Crippen molar-refractivity contribution in [1.82, 2.24) is 15.3 Å². The van der Waals surface area contributed by atoms with Gasteiger partial charge in [-0.1, -0.05) is 0 Å². The van der Waals surface area contributed by atoms with E-state index in [0.29, 0.717) is 0 Å². The van der Waals surface area contributed by atoms with Crippen molar-refractivity contribution in [2.75, 3.05) is 17.2 Å². The minimum Gasteiger partial charge on any atom is -0.394 e. The van der Waals surface area contributed by atoms with Crippen molar-refractivity contribution in [3.05, 3.63) is 11.5 Å². The maximum absolute atomic E-state index is 11.8. The Kier molecular flexibility index (Phi) is 2.86. The number of piperazine rings is 1. The Balaban J connectivity index is 2.50. The van der Waals surface area contributed by atoms with Gasteiger partial charge in [0.2, 0.25) is 11.2 Å². The van der Waals surface area contributed by atoms with E-state index in [9.17, 15) is 9.59 Å². The quantitative estimate of drug-likeness (QED) is 0.548. The molecule has 96 valence electrons. The van der Waals surface area contributed by atoms with Crippen molar-refractivity contribution in [2.45, 2.75) is 19.4 Å². The number of nitrogens with zero attached hydrogens (tertiary/aromatic N) is 3. The van der Waals surface area contributed by atoms with Crippen molar-refractivity contribution in [1.29, 1.82) is 0 Å². The first-order valence-electron chi connectivity index (χ1n) is 5.22. The van der Waals surface area contributed by atoms with Crippen molar-refractivity contribution >= 4 is 34.9 Å². The number of hydrogen-bond acceptors (Lipinski definition) is 6. The Hall–Kier alpha value is -1.89. The summed E-state index contributed by atoms with van der Waals surface area (Å²) in [4.78, 5) is 32.5. The molecule has 1 fully saturated rings. The molecule has 0 atom stereocenters. The molecule has 0 aromatic carbocycles. The number of amides is 2. The third-order valence-electron chi connectivity index (χ3n) is 2.81. The van der Waals surface area contributed by atoms with Crippen LogP contribution < -0.4 is 16.0 Å². The van der Waals surface area contributed by atoms with Crippen molar-refractivity contribution < 1.29 is 9.59 Å². The van der Waals surface area contributed by atoms with Crippen molar-refractivity contribution in [3.63, 3.8) is 0 Å². The summed E-state index contributed by atoms with van der Waals surface area (Å²) in [5, 5.41) is 2.27. The van der Waals surface area contributed by atoms with Gasteiger partial charge in [0, 0.05) is 0 Å². The maximum Gasteiger partial charge on any atom is 0.251 e. The summed E-state index contributed by atoms with van der Waals surface area (Å²) < 4.78 is 0. The molecule has 8 heteroatoms. The molecule has 1 aliphatic rings. The van der Waals surface area contributed by atoms with Gasteiger partial charge in [-0.3, -0.25) is 14.9 Å². The van der Waals surface area contributed by atoms with Crippen LogP contribution in [0.25, 0.3) is 0 Å². The highest BCUT2D eigenvalue weighted by atomic mass is 35.5. The second-order valence-corrected chi connectivity index (χ2v) is 4.78. The molecule has 18 heavy (non-hydrogen) atoms. The summed E-state index contributed by atoms with van der Waals surface area (Å²) in [7, 11) is 0. The number of aromatic nitrogens is 2. The summed E-state index contributed by atoms with van der Waals surface area (Å²) >= 11 is 5.71. The number of nitrogen functional groups attached to an aromatic ring is 1. The third kappa shape index (κ3) is 1.97. The molecular formula is C10H12ClN5O2. The summed E-state index contributed by atoms with van der Waals surface area (Å²) in [6.07, 6.45) is 1.34. The van der Waals surface area contributed by atoms with Crippen LogP contribution >= 0.6 is 11.6 Å². The van der Waals surface area contributed by atoms with E-state index in [1.54, 1.807) is 13.8 Å². The molecule has 2 heterocycles. The van der Waals surface area contributed by atoms with Crippen LogP contribution in [0.5, 0.6) is 0 Å². The number of imide groups is 1. The molecule has 1 aliphatic heterocycles. The van der Waals surface area contributed by atoms with Gasteiger partial charge in [-0.2, -0.15) is 4.98 Å². The van der Waals surface area contributed by atoms with Gasteiger partial charge in [0.05, 0.1) is 18.4 Å². The molecular weight excluding hydrogens is 258 g/mol. The van der Waals surface area contributed by atoms with Crippen LogP contribution in [0.2, 0.25) is 5.28 Å². The summed E-state index contributed by atoms with van der Waals surface area (Å²) in [5.74, 6) is -0.537.